The lowest BCUT2D eigenvalue weighted by Gasteiger charge is -2.08. The van der Waals surface area contributed by atoms with Crippen LogP contribution < -0.4 is 4.74 Å². The van der Waals surface area contributed by atoms with Gasteiger partial charge in [0.25, 0.3) is 0 Å². The monoisotopic (exact) mass is 192 g/mol. The van der Waals surface area contributed by atoms with Gasteiger partial charge < -0.3 is 4.74 Å². The van der Waals surface area contributed by atoms with Crippen molar-refractivity contribution in [1.82, 2.24) is 0 Å². The van der Waals surface area contributed by atoms with E-state index in [1.54, 1.807) is 0 Å². The lowest BCUT2D eigenvalue weighted by Crippen LogP contribution is -1.97. The SMILES string of the molecule is CCCOc1cccc(CC(C)C)c1. The molecule has 0 amide bonds. The molecule has 0 aromatic heterocycles. The van der Waals surface area contributed by atoms with Crippen molar-refractivity contribution < 1.29 is 4.74 Å². The summed E-state index contributed by atoms with van der Waals surface area (Å²) >= 11 is 0. The highest BCUT2D eigenvalue weighted by molar-refractivity contribution is 5.28. The number of benzene rings is 1. The standard InChI is InChI=1S/C13H20O/c1-4-8-14-13-7-5-6-12(10-13)9-11(2)3/h5-7,10-11H,4,8-9H2,1-3H3. The summed E-state index contributed by atoms with van der Waals surface area (Å²) < 4.78 is 5.58. The van der Waals surface area contributed by atoms with Crippen LogP contribution in [0.1, 0.15) is 32.8 Å². The molecule has 0 heterocycles. The molecule has 0 aliphatic heterocycles. The molecule has 0 aliphatic rings. The van der Waals surface area contributed by atoms with Crippen LogP contribution in [0.15, 0.2) is 24.3 Å². The van der Waals surface area contributed by atoms with Crippen LogP contribution in [0.5, 0.6) is 5.75 Å². The second-order valence-electron chi connectivity index (χ2n) is 4.09. The van der Waals surface area contributed by atoms with Crippen molar-refractivity contribution >= 4 is 0 Å². The molecular formula is C13H20O. The minimum atomic E-state index is 0.705. The Hall–Kier alpha value is -0.980. The highest BCUT2D eigenvalue weighted by Crippen LogP contribution is 2.16. The molecule has 0 N–H and O–H groups in total. The molecule has 14 heavy (non-hydrogen) atoms. The molecule has 1 rings (SSSR count). The van der Waals surface area contributed by atoms with Crippen molar-refractivity contribution in [2.75, 3.05) is 6.61 Å². The third kappa shape index (κ3) is 3.82. The molecule has 0 saturated heterocycles. The van der Waals surface area contributed by atoms with E-state index in [1.807, 2.05) is 6.07 Å². The van der Waals surface area contributed by atoms with E-state index in [9.17, 15) is 0 Å². The van der Waals surface area contributed by atoms with Gasteiger partial charge in [-0.25, -0.2) is 0 Å². The fourth-order valence-corrected chi connectivity index (χ4v) is 1.45. The largest absolute Gasteiger partial charge is 0.494 e. The molecule has 1 heteroatoms. The van der Waals surface area contributed by atoms with Gasteiger partial charge in [0.05, 0.1) is 6.61 Å². The van der Waals surface area contributed by atoms with E-state index in [0.717, 1.165) is 25.2 Å². The Morgan fingerprint density at radius 1 is 1.29 bits per heavy atom. The van der Waals surface area contributed by atoms with Gasteiger partial charge in [-0.05, 0) is 36.5 Å². The Kier molecular flexibility index (Phi) is 4.51. The summed E-state index contributed by atoms with van der Waals surface area (Å²) in [6.45, 7) is 7.41. The number of hydrogen-bond acceptors (Lipinski definition) is 1. The fourth-order valence-electron chi connectivity index (χ4n) is 1.45. The first kappa shape index (κ1) is 11.1. The van der Waals surface area contributed by atoms with Crippen molar-refractivity contribution in [2.24, 2.45) is 5.92 Å². The van der Waals surface area contributed by atoms with E-state index in [1.165, 1.54) is 5.56 Å². The molecule has 1 aromatic rings. The molecule has 0 spiro atoms. The molecule has 78 valence electrons. The summed E-state index contributed by atoms with van der Waals surface area (Å²) in [4.78, 5) is 0. The average molecular weight is 192 g/mol. The lowest BCUT2D eigenvalue weighted by atomic mass is 10.0. The van der Waals surface area contributed by atoms with Crippen LogP contribution in [0.3, 0.4) is 0 Å². The minimum absolute atomic E-state index is 0.705. The molecule has 0 aliphatic carbocycles. The highest BCUT2D eigenvalue weighted by atomic mass is 16.5. The minimum Gasteiger partial charge on any atom is -0.494 e. The van der Waals surface area contributed by atoms with Gasteiger partial charge in [0, 0.05) is 0 Å². The van der Waals surface area contributed by atoms with Crippen molar-refractivity contribution in [3.8, 4) is 5.75 Å². The first-order valence-corrected chi connectivity index (χ1v) is 5.44. The summed E-state index contributed by atoms with van der Waals surface area (Å²) in [7, 11) is 0. The van der Waals surface area contributed by atoms with E-state index in [0.29, 0.717) is 5.92 Å². The maximum absolute atomic E-state index is 5.58. The van der Waals surface area contributed by atoms with Crippen molar-refractivity contribution in [3.05, 3.63) is 29.8 Å². The zero-order chi connectivity index (χ0) is 10.4. The van der Waals surface area contributed by atoms with Crippen LogP contribution in [0.4, 0.5) is 0 Å². The third-order valence-corrected chi connectivity index (χ3v) is 2.02. The Labute approximate surface area is 87.1 Å². The predicted molar refractivity (Wildman–Crippen MR) is 60.8 cm³/mol. The Bertz CT molecular complexity index is 266. The molecule has 1 aromatic carbocycles. The lowest BCUT2D eigenvalue weighted by molar-refractivity contribution is 0.317. The smallest absolute Gasteiger partial charge is 0.119 e. The van der Waals surface area contributed by atoms with E-state index < -0.39 is 0 Å². The Balaban J connectivity index is 2.59. The van der Waals surface area contributed by atoms with E-state index >= 15 is 0 Å². The molecule has 0 radical (unpaired) electrons. The summed E-state index contributed by atoms with van der Waals surface area (Å²) in [6, 6.07) is 8.41. The highest BCUT2D eigenvalue weighted by Gasteiger charge is 1.99. The fraction of sp³-hybridized carbons (Fsp3) is 0.538. The Morgan fingerprint density at radius 3 is 2.71 bits per heavy atom. The molecule has 1 nitrogen and oxygen atoms in total. The van der Waals surface area contributed by atoms with Gasteiger partial charge in [0.2, 0.25) is 0 Å². The van der Waals surface area contributed by atoms with Gasteiger partial charge in [-0.2, -0.15) is 0 Å². The Morgan fingerprint density at radius 2 is 2.07 bits per heavy atom. The van der Waals surface area contributed by atoms with Crippen LogP contribution in [0.2, 0.25) is 0 Å². The summed E-state index contributed by atoms with van der Waals surface area (Å²) in [6.07, 6.45) is 2.19. The summed E-state index contributed by atoms with van der Waals surface area (Å²) in [5.74, 6) is 1.71. The summed E-state index contributed by atoms with van der Waals surface area (Å²) in [5.41, 5.74) is 1.37. The van der Waals surface area contributed by atoms with Gasteiger partial charge in [0.15, 0.2) is 0 Å². The second-order valence-corrected chi connectivity index (χ2v) is 4.09. The van der Waals surface area contributed by atoms with E-state index in [-0.39, 0.29) is 0 Å². The average Bonchev–Trinajstić information content (AvgIpc) is 2.14. The molecule has 0 bridgehead atoms. The number of rotatable bonds is 5. The zero-order valence-electron chi connectivity index (χ0n) is 9.42. The van der Waals surface area contributed by atoms with Crippen LogP contribution in [-0.4, -0.2) is 6.61 Å². The van der Waals surface area contributed by atoms with Crippen LogP contribution in [0.25, 0.3) is 0 Å². The third-order valence-electron chi connectivity index (χ3n) is 2.02. The van der Waals surface area contributed by atoms with Crippen molar-refractivity contribution in [3.63, 3.8) is 0 Å². The molecule has 0 unspecified atom stereocenters. The van der Waals surface area contributed by atoms with Crippen LogP contribution in [0, 0.1) is 5.92 Å². The van der Waals surface area contributed by atoms with Gasteiger partial charge in [-0.15, -0.1) is 0 Å². The first-order valence-electron chi connectivity index (χ1n) is 5.44. The van der Waals surface area contributed by atoms with Crippen molar-refractivity contribution in [2.45, 2.75) is 33.6 Å². The van der Waals surface area contributed by atoms with Gasteiger partial charge in [-0.1, -0.05) is 32.9 Å². The number of ether oxygens (including phenoxy) is 1. The molecular weight excluding hydrogens is 172 g/mol. The topological polar surface area (TPSA) is 9.23 Å². The quantitative estimate of drug-likeness (QED) is 0.691. The summed E-state index contributed by atoms with van der Waals surface area (Å²) in [5, 5.41) is 0. The van der Waals surface area contributed by atoms with E-state index in [4.69, 9.17) is 4.74 Å². The molecule has 0 atom stereocenters. The van der Waals surface area contributed by atoms with Crippen LogP contribution in [-0.2, 0) is 6.42 Å². The first-order chi connectivity index (χ1) is 6.72. The number of hydrogen-bond donors (Lipinski definition) is 0. The van der Waals surface area contributed by atoms with E-state index in [2.05, 4.69) is 39.0 Å². The second kappa shape index (κ2) is 5.69. The van der Waals surface area contributed by atoms with Gasteiger partial charge in [-0.3, -0.25) is 0 Å². The van der Waals surface area contributed by atoms with Gasteiger partial charge >= 0.3 is 0 Å². The van der Waals surface area contributed by atoms with Crippen molar-refractivity contribution in [1.29, 1.82) is 0 Å². The van der Waals surface area contributed by atoms with Crippen LogP contribution >= 0.6 is 0 Å². The predicted octanol–water partition coefficient (Wildman–Crippen LogP) is 3.67. The molecule has 0 fully saturated rings. The molecule has 0 saturated carbocycles. The normalized spacial score (nSPS) is 10.6. The van der Waals surface area contributed by atoms with Gasteiger partial charge in [0.1, 0.15) is 5.75 Å². The maximum atomic E-state index is 5.58. The maximum Gasteiger partial charge on any atom is 0.119 e. The zero-order valence-corrected chi connectivity index (χ0v) is 9.42.